The lowest BCUT2D eigenvalue weighted by Gasteiger charge is -2.33. The van der Waals surface area contributed by atoms with Crippen LogP contribution in [0.2, 0.25) is 0 Å². The molecule has 0 fully saturated rings. The molecule has 2 aromatic rings. The molecule has 31 heavy (non-hydrogen) atoms. The third kappa shape index (κ3) is 4.92. The number of hydrogen-bond acceptors (Lipinski definition) is 6. The maximum absolute atomic E-state index is 12.5. The highest BCUT2D eigenvalue weighted by atomic mass is 32.1. The minimum absolute atomic E-state index is 0.0516. The van der Waals surface area contributed by atoms with E-state index < -0.39 is 10.8 Å². The third-order valence-electron chi connectivity index (χ3n) is 5.72. The van der Waals surface area contributed by atoms with Gasteiger partial charge in [-0.3, -0.25) is 20.2 Å². The van der Waals surface area contributed by atoms with Crippen LogP contribution in [0.5, 0.6) is 0 Å². The van der Waals surface area contributed by atoms with E-state index in [4.69, 9.17) is 12.2 Å². The SMILES string of the molecule is Cc1ccc(C(=O)NC(=S)Nc2sc3c(c2C#N)CC[C@H](C(C)(C)C)C3)cc1[N+](=O)[O-]. The minimum atomic E-state index is -0.548. The number of benzene rings is 1. The number of nitro groups is 1. The molecular formula is C22H24N4O3S2. The maximum atomic E-state index is 12.5. The lowest BCUT2D eigenvalue weighted by molar-refractivity contribution is -0.385. The highest BCUT2D eigenvalue weighted by Gasteiger charge is 2.32. The molecule has 0 saturated heterocycles. The predicted molar refractivity (Wildman–Crippen MR) is 126 cm³/mol. The Balaban J connectivity index is 1.75. The van der Waals surface area contributed by atoms with Crippen LogP contribution in [0.15, 0.2) is 18.2 Å². The highest BCUT2D eigenvalue weighted by molar-refractivity contribution is 7.80. The number of aryl methyl sites for hydroxylation is 1. The number of carbonyl (C=O) groups excluding carboxylic acids is 1. The Bertz CT molecular complexity index is 1110. The number of rotatable bonds is 3. The first-order chi connectivity index (χ1) is 14.5. The molecule has 0 saturated carbocycles. The van der Waals surface area contributed by atoms with Crippen molar-refractivity contribution in [3.8, 4) is 6.07 Å². The van der Waals surface area contributed by atoms with Crippen molar-refractivity contribution in [2.24, 2.45) is 11.3 Å². The summed E-state index contributed by atoms with van der Waals surface area (Å²) in [4.78, 5) is 24.3. The fourth-order valence-corrected chi connectivity index (χ4v) is 5.33. The van der Waals surface area contributed by atoms with Gasteiger partial charge in [-0.15, -0.1) is 11.3 Å². The van der Waals surface area contributed by atoms with E-state index in [1.54, 1.807) is 6.92 Å². The molecule has 2 N–H and O–H groups in total. The molecule has 0 unspecified atom stereocenters. The number of nitro benzene ring substituents is 1. The summed E-state index contributed by atoms with van der Waals surface area (Å²) in [5.41, 5.74) is 2.33. The summed E-state index contributed by atoms with van der Waals surface area (Å²) in [6, 6.07) is 6.54. The Hall–Kier alpha value is -2.83. The van der Waals surface area contributed by atoms with Gasteiger partial charge in [0.15, 0.2) is 5.11 Å². The molecule has 7 nitrogen and oxygen atoms in total. The number of nitriles is 1. The molecule has 0 spiro atoms. The van der Waals surface area contributed by atoms with Gasteiger partial charge in [0.25, 0.3) is 11.6 Å². The number of thiocarbonyl (C=S) groups is 1. The average Bonchev–Trinajstić information content (AvgIpc) is 3.03. The topological polar surface area (TPSA) is 108 Å². The molecule has 1 amide bonds. The first kappa shape index (κ1) is 22.8. The molecule has 1 aromatic carbocycles. The Morgan fingerprint density at radius 1 is 1.39 bits per heavy atom. The van der Waals surface area contributed by atoms with E-state index in [9.17, 15) is 20.2 Å². The number of carbonyl (C=O) groups is 1. The number of nitrogens with one attached hydrogen (secondary N) is 2. The van der Waals surface area contributed by atoms with Crippen molar-refractivity contribution >= 4 is 45.3 Å². The fraction of sp³-hybridized carbons (Fsp3) is 0.409. The lowest BCUT2D eigenvalue weighted by atomic mass is 9.72. The van der Waals surface area contributed by atoms with E-state index >= 15 is 0 Å². The molecule has 1 aliphatic rings. The van der Waals surface area contributed by atoms with E-state index in [0.717, 1.165) is 24.8 Å². The van der Waals surface area contributed by atoms with E-state index in [1.165, 1.54) is 34.4 Å². The molecule has 1 aliphatic carbocycles. The second-order valence-corrected chi connectivity index (χ2v) is 10.3. The van der Waals surface area contributed by atoms with Gasteiger partial charge in [0.2, 0.25) is 0 Å². The number of nitrogens with zero attached hydrogens (tertiary/aromatic N) is 2. The van der Waals surface area contributed by atoms with Crippen LogP contribution < -0.4 is 10.6 Å². The van der Waals surface area contributed by atoms with Gasteiger partial charge in [0.1, 0.15) is 11.1 Å². The normalized spacial score (nSPS) is 15.5. The summed E-state index contributed by atoms with van der Waals surface area (Å²) < 4.78 is 0. The molecule has 0 aliphatic heterocycles. The van der Waals surface area contributed by atoms with Crippen molar-refractivity contribution in [3.63, 3.8) is 0 Å². The van der Waals surface area contributed by atoms with Gasteiger partial charge < -0.3 is 5.32 Å². The number of anilines is 1. The molecule has 162 valence electrons. The molecule has 3 rings (SSSR count). The maximum Gasteiger partial charge on any atom is 0.273 e. The minimum Gasteiger partial charge on any atom is -0.323 e. The monoisotopic (exact) mass is 456 g/mol. The van der Waals surface area contributed by atoms with Gasteiger partial charge in [0, 0.05) is 22.1 Å². The molecule has 0 bridgehead atoms. The summed E-state index contributed by atoms with van der Waals surface area (Å²) >= 11 is 6.78. The molecule has 1 atom stereocenters. The number of thiophene rings is 1. The van der Waals surface area contributed by atoms with Crippen LogP contribution in [0.3, 0.4) is 0 Å². The van der Waals surface area contributed by atoms with Gasteiger partial charge >= 0.3 is 0 Å². The van der Waals surface area contributed by atoms with Gasteiger partial charge in [-0.25, -0.2) is 0 Å². The van der Waals surface area contributed by atoms with Crippen LogP contribution in [-0.4, -0.2) is 15.9 Å². The smallest absolute Gasteiger partial charge is 0.273 e. The summed E-state index contributed by atoms with van der Waals surface area (Å²) in [7, 11) is 0. The summed E-state index contributed by atoms with van der Waals surface area (Å²) in [6.07, 6.45) is 2.81. The molecule has 9 heteroatoms. The summed E-state index contributed by atoms with van der Waals surface area (Å²) in [6.45, 7) is 8.32. The van der Waals surface area contributed by atoms with Crippen molar-refractivity contribution in [1.82, 2.24) is 5.32 Å². The molecular weight excluding hydrogens is 432 g/mol. The lowest BCUT2D eigenvalue weighted by Crippen LogP contribution is -2.34. The van der Waals surface area contributed by atoms with Crippen molar-refractivity contribution < 1.29 is 9.72 Å². The standard InChI is InChI=1S/C22H24N4O3S2/c1-12-5-6-13(9-17(12)26(28)29)19(27)24-21(30)25-20-16(11-23)15-8-7-14(22(2,3)4)10-18(15)31-20/h5-6,9,14H,7-8,10H2,1-4H3,(H2,24,25,27,30)/t14-/m0/s1. The van der Waals surface area contributed by atoms with Crippen molar-refractivity contribution in [1.29, 1.82) is 5.26 Å². The average molecular weight is 457 g/mol. The zero-order valence-corrected chi connectivity index (χ0v) is 19.5. The van der Waals surface area contributed by atoms with Crippen molar-refractivity contribution in [2.75, 3.05) is 5.32 Å². The van der Waals surface area contributed by atoms with Gasteiger partial charge in [-0.2, -0.15) is 5.26 Å². The van der Waals surface area contributed by atoms with Crippen molar-refractivity contribution in [2.45, 2.75) is 47.0 Å². The number of fused-ring (bicyclic) bond motifs is 1. The zero-order chi connectivity index (χ0) is 22.9. The van der Waals surface area contributed by atoms with Crippen LogP contribution in [0.4, 0.5) is 10.7 Å². The molecule has 1 aromatic heterocycles. The quantitative estimate of drug-likeness (QED) is 0.377. The Labute approximate surface area is 190 Å². The Morgan fingerprint density at radius 3 is 2.71 bits per heavy atom. The number of hydrogen-bond donors (Lipinski definition) is 2. The third-order valence-corrected chi connectivity index (χ3v) is 7.10. The van der Waals surface area contributed by atoms with Crippen LogP contribution in [-0.2, 0) is 12.8 Å². The van der Waals surface area contributed by atoms with Gasteiger partial charge in [-0.05, 0) is 61.4 Å². The molecule has 0 radical (unpaired) electrons. The first-order valence-electron chi connectivity index (χ1n) is 9.93. The first-order valence-corrected chi connectivity index (χ1v) is 11.2. The van der Waals surface area contributed by atoms with Crippen molar-refractivity contribution in [3.05, 3.63) is 55.4 Å². The highest BCUT2D eigenvalue weighted by Crippen LogP contribution is 2.43. The second-order valence-electron chi connectivity index (χ2n) is 8.79. The van der Waals surface area contributed by atoms with Crippen LogP contribution >= 0.6 is 23.6 Å². The Kier molecular flexibility index (Phi) is 6.43. The van der Waals surface area contributed by atoms with E-state index in [-0.39, 0.29) is 21.8 Å². The van der Waals surface area contributed by atoms with E-state index in [1.807, 2.05) is 0 Å². The van der Waals surface area contributed by atoms with Gasteiger partial charge in [-0.1, -0.05) is 26.8 Å². The summed E-state index contributed by atoms with van der Waals surface area (Å²) in [5.74, 6) is -0.00440. The zero-order valence-electron chi connectivity index (χ0n) is 17.9. The Morgan fingerprint density at radius 2 is 2.10 bits per heavy atom. The fourth-order valence-electron chi connectivity index (χ4n) is 3.79. The van der Waals surface area contributed by atoms with E-state index in [0.29, 0.717) is 22.0 Å². The second kappa shape index (κ2) is 8.73. The number of amides is 1. The summed E-state index contributed by atoms with van der Waals surface area (Å²) in [5, 5.41) is 27.0. The van der Waals surface area contributed by atoms with E-state index in [2.05, 4.69) is 37.5 Å². The molecule has 1 heterocycles. The van der Waals surface area contributed by atoms with Crippen LogP contribution in [0, 0.1) is 39.7 Å². The largest absolute Gasteiger partial charge is 0.323 e. The van der Waals surface area contributed by atoms with Crippen LogP contribution in [0.1, 0.15) is 59.1 Å². The predicted octanol–water partition coefficient (Wildman–Crippen LogP) is 5.11. The van der Waals surface area contributed by atoms with Gasteiger partial charge in [0.05, 0.1) is 10.5 Å². The van der Waals surface area contributed by atoms with Crippen LogP contribution in [0.25, 0.3) is 0 Å².